The lowest BCUT2D eigenvalue weighted by Gasteiger charge is -2.58. The third-order valence-electron chi connectivity index (χ3n) is 10.8. The molecule has 8 nitrogen and oxygen atoms in total. The molecule has 0 aromatic heterocycles. The Bertz CT molecular complexity index is 1250. The normalized spacial score (nSPS) is 37.1. The van der Waals surface area contributed by atoms with E-state index in [1.807, 2.05) is 0 Å². The van der Waals surface area contributed by atoms with Gasteiger partial charge in [-0.05, 0) is 86.2 Å². The number of terminal acetylenes is 1. The van der Waals surface area contributed by atoms with Crippen LogP contribution in [0.1, 0.15) is 76.9 Å². The van der Waals surface area contributed by atoms with E-state index in [4.69, 9.17) is 11.3 Å². The number of carboxylic acids is 1. The first-order valence-electron chi connectivity index (χ1n) is 14.4. The van der Waals surface area contributed by atoms with Crippen LogP contribution >= 0.6 is 0 Å². The highest BCUT2D eigenvalue weighted by atomic mass is 16.6. The molecule has 4 aliphatic carbocycles. The van der Waals surface area contributed by atoms with Crippen LogP contribution in [0.15, 0.2) is 47.1 Å². The van der Waals surface area contributed by atoms with Gasteiger partial charge < -0.3 is 25.5 Å². The molecular weight excluding hydrogens is 508 g/mol. The molecule has 0 heterocycles. The quantitative estimate of drug-likeness (QED) is 0.301. The zero-order chi connectivity index (χ0) is 28.7. The first-order valence-corrected chi connectivity index (χ1v) is 14.4. The Labute approximate surface area is 235 Å². The number of nitrogens with one attached hydrogen (secondary N) is 1. The molecule has 40 heavy (non-hydrogen) atoms. The minimum Gasteiger partial charge on any atom is -0.480 e. The van der Waals surface area contributed by atoms with Crippen molar-refractivity contribution < 1.29 is 29.7 Å². The molecule has 4 aliphatic rings. The molecule has 0 saturated heterocycles. The fourth-order valence-corrected chi connectivity index (χ4v) is 8.40. The third-order valence-corrected chi connectivity index (χ3v) is 10.8. The number of aliphatic hydroxyl groups is 2. The number of carboxylic acid groups (broad SMARTS) is 1. The van der Waals surface area contributed by atoms with Crippen LogP contribution in [-0.2, 0) is 14.4 Å². The second-order valence-corrected chi connectivity index (χ2v) is 12.6. The fraction of sp³-hybridized carbons (Fsp3) is 0.594. The Kier molecular flexibility index (Phi) is 7.58. The van der Waals surface area contributed by atoms with Crippen molar-refractivity contribution in [3.8, 4) is 12.3 Å². The second-order valence-electron chi connectivity index (χ2n) is 12.6. The Morgan fingerprint density at radius 1 is 1.12 bits per heavy atom. The molecule has 214 valence electrons. The molecule has 3 saturated carbocycles. The topological polar surface area (TPSA) is 128 Å². The van der Waals surface area contributed by atoms with Crippen molar-refractivity contribution in [1.82, 2.24) is 5.32 Å². The van der Waals surface area contributed by atoms with Crippen molar-refractivity contribution in [2.24, 2.45) is 33.7 Å². The maximum Gasteiger partial charge on any atom is 0.329 e. The van der Waals surface area contributed by atoms with Crippen molar-refractivity contribution in [2.45, 2.75) is 83.0 Å². The molecule has 0 radical (unpaired) electrons. The van der Waals surface area contributed by atoms with E-state index in [0.717, 1.165) is 50.7 Å². The van der Waals surface area contributed by atoms with Crippen LogP contribution in [0.4, 0.5) is 0 Å². The number of benzene rings is 1. The summed E-state index contributed by atoms with van der Waals surface area (Å²) in [6.07, 6.45) is 13.9. The fourth-order valence-electron chi connectivity index (χ4n) is 8.40. The molecule has 5 rings (SSSR count). The van der Waals surface area contributed by atoms with Gasteiger partial charge in [0, 0.05) is 5.41 Å². The summed E-state index contributed by atoms with van der Waals surface area (Å²) in [4.78, 5) is 29.5. The number of carbonyl (C=O) groups excluding carboxylic acids is 1. The van der Waals surface area contributed by atoms with Gasteiger partial charge in [-0.2, -0.15) is 0 Å². The average molecular weight is 549 g/mol. The number of hydrogen-bond donors (Lipinski definition) is 4. The minimum atomic E-state index is -1.51. The Hall–Kier alpha value is -3.15. The number of aliphatic hydroxyl groups excluding tert-OH is 1. The second kappa shape index (κ2) is 10.7. The van der Waals surface area contributed by atoms with Gasteiger partial charge in [-0.3, -0.25) is 4.79 Å². The third kappa shape index (κ3) is 4.73. The van der Waals surface area contributed by atoms with E-state index in [-0.39, 0.29) is 10.8 Å². The zero-order valence-corrected chi connectivity index (χ0v) is 23.3. The first kappa shape index (κ1) is 28.4. The van der Waals surface area contributed by atoms with Crippen LogP contribution in [0.5, 0.6) is 0 Å². The summed E-state index contributed by atoms with van der Waals surface area (Å²) in [6.45, 7) is 4.13. The highest BCUT2D eigenvalue weighted by Crippen LogP contribution is 2.67. The van der Waals surface area contributed by atoms with Gasteiger partial charge in [-0.1, -0.05) is 60.8 Å². The van der Waals surface area contributed by atoms with Crippen LogP contribution in [0, 0.1) is 40.9 Å². The van der Waals surface area contributed by atoms with Gasteiger partial charge in [-0.25, -0.2) is 4.79 Å². The van der Waals surface area contributed by atoms with Crippen LogP contribution in [-0.4, -0.2) is 51.2 Å². The number of fused-ring (bicyclic) bond motifs is 5. The minimum absolute atomic E-state index is 0.0692. The largest absolute Gasteiger partial charge is 0.480 e. The van der Waals surface area contributed by atoms with Gasteiger partial charge in [0.2, 0.25) is 0 Å². The number of nitrogens with zero attached hydrogens (tertiary/aromatic N) is 1. The summed E-state index contributed by atoms with van der Waals surface area (Å²) >= 11 is 0. The lowest BCUT2D eigenvalue weighted by atomic mass is 9.46. The van der Waals surface area contributed by atoms with Gasteiger partial charge in [0.15, 0.2) is 12.6 Å². The number of allylic oxidation sites excluding steroid dienone is 2. The molecule has 3 fully saturated rings. The molecule has 1 aromatic rings. The Morgan fingerprint density at radius 3 is 2.55 bits per heavy atom. The first-order chi connectivity index (χ1) is 19.0. The summed E-state index contributed by atoms with van der Waals surface area (Å²) in [5, 5.41) is 37.7. The summed E-state index contributed by atoms with van der Waals surface area (Å²) in [5.74, 6) is 2.27. The predicted molar refractivity (Wildman–Crippen MR) is 150 cm³/mol. The van der Waals surface area contributed by atoms with Gasteiger partial charge in [0.1, 0.15) is 11.7 Å². The highest BCUT2D eigenvalue weighted by molar-refractivity contribution is 5.96. The highest BCUT2D eigenvalue weighted by Gasteiger charge is 2.63. The van der Waals surface area contributed by atoms with Crippen LogP contribution < -0.4 is 5.32 Å². The van der Waals surface area contributed by atoms with E-state index in [1.165, 1.54) is 5.57 Å². The average Bonchev–Trinajstić information content (AvgIpc) is 3.22. The summed E-state index contributed by atoms with van der Waals surface area (Å²) in [6, 6.07) is 6.83. The lowest BCUT2D eigenvalue weighted by molar-refractivity contribution is -0.146. The number of amides is 1. The van der Waals surface area contributed by atoms with E-state index in [1.54, 1.807) is 30.3 Å². The van der Waals surface area contributed by atoms with E-state index in [2.05, 4.69) is 36.3 Å². The number of rotatable bonds is 7. The maximum atomic E-state index is 12.4. The molecule has 1 aromatic carbocycles. The molecule has 0 unspecified atom stereocenters. The molecular formula is C32H40N2O6. The summed E-state index contributed by atoms with van der Waals surface area (Å²) in [7, 11) is 0. The lowest BCUT2D eigenvalue weighted by Crippen LogP contribution is -2.54. The molecule has 0 spiro atoms. The van der Waals surface area contributed by atoms with Crippen molar-refractivity contribution in [2.75, 3.05) is 6.61 Å². The molecule has 4 N–H and O–H groups in total. The number of oxime groups is 1. The van der Waals surface area contributed by atoms with E-state index in [0.29, 0.717) is 29.7 Å². The molecule has 8 heteroatoms. The van der Waals surface area contributed by atoms with Crippen LogP contribution in [0.2, 0.25) is 0 Å². The van der Waals surface area contributed by atoms with Gasteiger partial charge in [0.25, 0.3) is 5.91 Å². The number of carbonyl (C=O) groups is 2. The number of aliphatic carboxylic acids is 1. The Morgan fingerprint density at radius 2 is 1.85 bits per heavy atom. The van der Waals surface area contributed by atoms with E-state index in [9.17, 15) is 24.9 Å². The standard InChI is InChI=1S/C32H40N2O6/c1-4-32(39)17-14-25-23-11-10-21-18-22(12-15-30(21,2)24(23)13-16-31(25,32)3)34-40-19-26(35)33-27(29(37)38)28(36)20-8-6-5-7-9-20/h1,5-9,18,23-25,27-28,36,39H,10-17,19H2,2-3H3,(H,33,35)(H,37,38)/t23-,24-,25-,27+,28+,30+,31+,32+/m1/s1. The Balaban J connectivity index is 1.21. The van der Waals surface area contributed by atoms with Gasteiger partial charge in [0.05, 0.1) is 5.71 Å². The van der Waals surface area contributed by atoms with Gasteiger partial charge in [-0.15, -0.1) is 6.42 Å². The summed E-state index contributed by atoms with van der Waals surface area (Å²) in [5.41, 5.74) is 1.40. The maximum absolute atomic E-state index is 12.4. The molecule has 8 atom stereocenters. The van der Waals surface area contributed by atoms with Crippen molar-refractivity contribution in [3.05, 3.63) is 47.5 Å². The van der Waals surface area contributed by atoms with Crippen molar-refractivity contribution in [1.29, 1.82) is 0 Å². The van der Waals surface area contributed by atoms with Crippen molar-refractivity contribution in [3.63, 3.8) is 0 Å². The van der Waals surface area contributed by atoms with Crippen molar-refractivity contribution >= 4 is 17.6 Å². The summed E-state index contributed by atoms with van der Waals surface area (Å²) < 4.78 is 0. The van der Waals surface area contributed by atoms with E-state index >= 15 is 0 Å². The van der Waals surface area contributed by atoms with Gasteiger partial charge >= 0.3 is 5.97 Å². The molecule has 0 aliphatic heterocycles. The smallest absolute Gasteiger partial charge is 0.329 e. The molecule has 1 amide bonds. The zero-order valence-electron chi connectivity index (χ0n) is 23.3. The van der Waals surface area contributed by atoms with Crippen LogP contribution in [0.3, 0.4) is 0 Å². The number of hydrogen-bond acceptors (Lipinski definition) is 6. The van der Waals surface area contributed by atoms with E-state index < -0.39 is 36.2 Å². The monoisotopic (exact) mass is 548 g/mol. The predicted octanol–water partition coefficient (Wildman–Crippen LogP) is 3.99. The SMILES string of the molecule is C#C[C@]1(O)CC[C@@H]2[C@@H]3CCC4=CC(=NOCC(=O)N[C@H](C(=O)O)[C@@H](O)c5ccccc5)CC[C@]4(C)[C@@H]3CC[C@@]21C. The van der Waals surface area contributed by atoms with Crippen LogP contribution in [0.25, 0.3) is 0 Å². The molecule has 0 bridgehead atoms.